The van der Waals surface area contributed by atoms with Crippen molar-refractivity contribution in [2.75, 3.05) is 25.9 Å². The Kier molecular flexibility index (Phi) is 7.08. The van der Waals surface area contributed by atoms with E-state index in [9.17, 15) is 22.8 Å². The van der Waals surface area contributed by atoms with Crippen molar-refractivity contribution in [1.29, 1.82) is 0 Å². The molecule has 0 bridgehead atoms. The number of ether oxygens (including phenoxy) is 2. The van der Waals surface area contributed by atoms with Crippen molar-refractivity contribution in [3.8, 4) is 5.75 Å². The SMILES string of the molecule is COC1CCC(c2cnc3[nH]c(=O)n(C4CCN(C(=O)c5ccc(OC(F)(F)F)cc5N)CC4)c3c2)CC1. The number of carbonyl (C=O) groups excluding carboxylic acids is 1. The maximum absolute atomic E-state index is 13.0. The fraction of sp³-hybridized carbons (Fsp3) is 0.500. The van der Waals surface area contributed by atoms with Crippen molar-refractivity contribution in [2.45, 2.75) is 63.0 Å². The van der Waals surface area contributed by atoms with E-state index >= 15 is 0 Å². The summed E-state index contributed by atoms with van der Waals surface area (Å²) in [5, 5.41) is 0. The molecule has 0 spiro atoms. The quantitative estimate of drug-likeness (QED) is 0.471. The van der Waals surface area contributed by atoms with Gasteiger partial charge >= 0.3 is 12.1 Å². The van der Waals surface area contributed by atoms with E-state index in [0.717, 1.165) is 48.9 Å². The third kappa shape index (κ3) is 5.35. The second kappa shape index (κ2) is 10.3. The van der Waals surface area contributed by atoms with Gasteiger partial charge in [0.2, 0.25) is 0 Å². The van der Waals surface area contributed by atoms with Gasteiger partial charge in [0, 0.05) is 44.2 Å². The van der Waals surface area contributed by atoms with Gasteiger partial charge in [-0.15, -0.1) is 13.2 Å². The summed E-state index contributed by atoms with van der Waals surface area (Å²) in [6.45, 7) is 0.744. The van der Waals surface area contributed by atoms with Gasteiger partial charge in [-0.1, -0.05) is 0 Å². The van der Waals surface area contributed by atoms with Crippen LogP contribution in [0.3, 0.4) is 0 Å². The lowest BCUT2D eigenvalue weighted by Gasteiger charge is -2.33. The highest BCUT2D eigenvalue weighted by atomic mass is 19.4. The first-order chi connectivity index (χ1) is 18.1. The molecule has 204 valence electrons. The number of hydrogen-bond donors (Lipinski definition) is 2. The second-order valence-electron chi connectivity index (χ2n) is 9.97. The summed E-state index contributed by atoms with van der Waals surface area (Å²) < 4.78 is 48.5. The third-order valence-corrected chi connectivity index (χ3v) is 7.68. The van der Waals surface area contributed by atoms with Crippen molar-refractivity contribution in [2.24, 2.45) is 0 Å². The molecule has 2 fully saturated rings. The van der Waals surface area contributed by atoms with Crippen LogP contribution in [0.1, 0.15) is 66.4 Å². The van der Waals surface area contributed by atoms with Crippen LogP contribution in [0.4, 0.5) is 18.9 Å². The lowest BCUT2D eigenvalue weighted by molar-refractivity contribution is -0.274. The highest BCUT2D eigenvalue weighted by Crippen LogP contribution is 2.35. The molecule has 3 heterocycles. The van der Waals surface area contributed by atoms with Gasteiger partial charge in [0.15, 0.2) is 5.65 Å². The standard InChI is InChI=1S/C26H30F3N5O4/c1-37-18-4-2-15(3-5-18)16-12-22-23(31-14-16)32-25(36)34(22)17-8-10-33(11-9-17)24(35)20-7-6-19(13-21(20)30)38-26(27,28)29/h6-7,12-15,17-18H,2-5,8-11,30H2,1H3,(H,31,32,36). The Balaban J connectivity index is 1.29. The number of alkyl halides is 3. The first kappa shape index (κ1) is 26.1. The van der Waals surface area contributed by atoms with Gasteiger partial charge in [-0.3, -0.25) is 14.3 Å². The average molecular weight is 534 g/mol. The van der Waals surface area contributed by atoms with Gasteiger partial charge in [0.05, 0.1) is 17.2 Å². The van der Waals surface area contributed by atoms with E-state index in [1.165, 1.54) is 6.07 Å². The number of imidazole rings is 1. The van der Waals surface area contributed by atoms with Gasteiger partial charge < -0.3 is 20.1 Å². The second-order valence-corrected chi connectivity index (χ2v) is 9.97. The molecular formula is C26H30F3N5O4. The molecule has 3 N–H and O–H groups in total. The first-order valence-corrected chi connectivity index (χ1v) is 12.7. The van der Waals surface area contributed by atoms with Crippen LogP contribution in [0, 0.1) is 0 Å². The number of hydrogen-bond acceptors (Lipinski definition) is 6. The van der Waals surface area contributed by atoms with E-state index in [2.05, 4.69) is 20.8 Å². The van der Waals surface area contributed by atoms with E-state index in [4.69, 9.17) is 10.5 Å². The minimum Gasteiger partial charge on any atom is -0.406 e. The lowest BCUT2D eigenvalue weighted by Crippen LogP contribution is -2.40. The molecule has 3 aromatic rings. The number of rotatable bonds is 5. The number of nitrogens with one attached hydrogen (secondary N) is 1. The molecule has 0 radical (unpaired) electrons. The molecule has 1 aliphatic carbocycles. The zero-order valence-electron chi connectivity index (χ0n) is 21.0. The van der Waals surface area contributed by atoms with E-state index in [1.54, 1.807) is 16.6 Å². The van der Waals surface area contributed by atoms with Crippen molar-refractivity contribution in [3.05, 3.63) is 52.1 Å². The Morgan fingerprint density at radius 1 is 1.11 bits per heavy atom. The number of anilines is 1. The van der Waals surface area contributed by atoms with Crippen LogP contribution in [-0.2, 0) is 4.74 Å². The maximum Gasteiger partial charge on any atom is 0.573 e. The molecule has 2 aliphatic rings. The number of H-pyrrole nitrogens is 1. The number of nitrogens with two attached hydrogens (primary N) is 1. The average Bonchev–Trinajstić information content (AvgIpc) is 3.22. The van der Waals surface area contributed by atoms with Crippen LogP contribution in [0.25, 0.3) is 11.2 Å². The highest BCUT2D eigenvalue weighted by Gasteiger charge is 2.32. The van der Waals surface area contributed by atoms with Crippen molar-refractivity contribution >= 4 is 22.8 Å². The number of halogens is 3. The fourth-order valence-electron chi connectivity index (χ4n) is 5.67. The van der Waals surface area contributed by atoms with Crippen molar-refractivity contribution < 1.29 is 27.4 Å². The zero-order chi connectivity index (χ0) is 27.0. The topological polar surface area (TPSA) is 115 Å². The van der Waals surface area contributed by atoms with Crippen LogP contribution in [0.15, 0.2) is 35.3 Å². The molecule has 0 unspecified atom stereocenters. The van der Waals surface area contributed by atoms with Gasteiger partial charge in [-0.25, -0.2) is 9.78 Å². The summed E-state index contributed by atoms with van der Waals surface area (Å²) in [6, 6.07) is 5.23. The van der Waals surface area contributed by atoms with Gasteiger partial charge in [-0.2, -0.15) is 0 Å². The highest BCUT2D eigenvalue weighted by molar-refractivity contribution is 5.99. The fourth-order valence-corrected chi connectivity index (χ4v) is 5.67. The van der Waals surface area contributed by atoms with E-state index < -0.39 is 12.1 Å². The number of benzene rings is 1. The lowest BCUT2D eigenvalue weighted by atomic mass is 9.83. The number of nitrogen functional groups attached to an aromatic ring is 1. The third-order valence-electron chi connectivity index (χ3n) is 7.68. The Morgan fingerprint density at radius 2 is 1.82 bits per heavy atom. The van der Waals surface area contributed by atoms with Gasteiger partial charge in [-0.05, 0) is 68.2 Å². The van der Waals surface area contributed by atoms with Crippen molar-refractivity contribution in [3.63, 3.8) is 0 Å². The molecule has 1 amide bonds. The molecule has 2 aromatic heterocycles. The Labute approximate surface area is 216 Å². The molecule has 12 heteroatoms. The first-order valence-electron chi connectivity index (χ1n) is 12.7. The number of fused-ring (bicyclic) bond motifs is 1. The summed E-state index contributed by atoms with van der Waals surface area (Å²) in [5.74, 6) is -0.486. The molecule has 1 aromatic carbocycles. The number of amides is 1. The number of aromatic amines is 1. The smallest absolute Gasteiger partial charge is 0.406 e. The molecule has 1 aliphatic heterocycles. The van der Waals surface area contributed by atoms with E-state index in [1.807, 2.05) is 6.20 Å². The normalized spacial score (nSPS) is 21.1. The van der Waals surface area contributed by atoms with Gasteiger partial charge in [0.25, 0.3) is 5.91 Å². The van der Waals surface area contributed by atoms with Crippen LogP contribution in [0.5, 0.6) is 5.75 Å². The number of carbonyl (C=O) groups is 1. The molecule has 1 saturated heterocycles. The minimum absolute atomic E-state index is 0.0927. The van der Waals surface area contributed by atoms with Crippen LogP contribution in [-0.4, -0.2) is 58.0 Å². The van der Waals surface area contributed by atoms with E-state index in [0.29, 0.717) is 43.6 Å². The number of aromatic nitrogens is 3. The number of pyridine rings is 1. The van der Waals surface area contributed by atoms with E-state index in [-0.39, 0.29) is 28.9 Å². The van der Waals surface area contributed by atoms with Crippen LogP contribution in [0.2, 0.25) is 0 Å². The number of likely N-dealkylation sites (tertiary alicyclic amines) is 1. The number of piperidine rings is 1. The van der Waals surface area contributed by atoms with Gasteiger partial charge in [0.1, 0.15) is 5.75 Å². The Bertz CT molecular complexity index is 1370. The molecule has 5 rings (SSSR count). The largest absolute Gasteiger partial charge is 0.573 e. The van der Waals surface area contributed by atoms with Crippen LogP contribution >= 0.6 is 0 Å². The summed E-state index contributed by atoms with van der Waals surface area (Å²) in [5.41, 5.74) is 8.06. The predicted molar refractivity (Wildman–Crippen MR) is 134 cm³/mol. The summed E-state index contributed by atoms with van der Waals surface area (Å²) >= 11 is 0. The summed E-state index contributed by atoms with van der Waals surface area (Å²) in [7, 11) is 1.74. The minimum atomic E-state index is -4.85. The number of methoxy groups -OCH3 is 1. The molecule has 0 atom stereocenters. The summed E-state index contributed by atoms with van der Waals surface area (Å²) in [6.07, 6.45) is 2.37. The predicted octanol–water partition coefficient (Wildman–Crippen LogP) is 4.36. The number of nitrogens with zero attached hydrogens (tertiary/aromatic N) is 3. The van der Waals surface area contributed by atoms with Crippen molar-refractivity contribution in [1.82, 2.24) is 19.4 Å². The van der Waals surface area contributed by atoms with Crippen LogP contribution < -0.4 is 16.2 Å². The molecule has 1 saturated carbocycles. The Hall–Kier alpha value is -3.54. The Morgan fingerprint density at radius 3 is 2.45 bits per heavy atom. The monoisotopic (exact) mass is 533 g/mol. The molecule has 9 nitrogen and oxygen atoms in total. The maximum atomic E-state index is 13.0. The zero-order valence-corrected chi connectivity index (χ0v) is 21.0. The molecule has 38 heavy (non-hydrogen) atoms. The molecular weight excluding hydrogens is 503 g/mol. The summed E-state index contributed by atoms with van der Waals surface area (Å²) in [4.78, 5) is 34.9.